The number of aromatic nitrogens is 2. The summed E-state index contributed by atoms with van der Waals surface area (Å²) in [7, 11) is 0. The predicted octanol–water partition coefficient (Wildman–Crippen LogP) is 2.53. The van der Waals surface area contributed by atoms with Gasteiger partial charge in [0.25, 0.3) is 0 Å². The van der Waals surface area contributed by atoms with Gasteiger partial charge in [0.1, 0.15) is 5.82 Å². The van der Waals surface area contributed by atoms with Gasteiger partial charge in [-0.1, -0.05) is 17.3 Å². The van der Waals surface area contributed by atoms with Crippen LogP contribution in [0.4, 0.5) is 4.39 Å². The number of hydrogen-bond donors (Lipinski definition) is 0. The standard InChI is InChI=1S/C8H4ClFN2O/c9-8-11-7(12-13-8)5-3-1-2-4-6(5)10/h1-4H. The molecule has 0 aliphatic rings. The van der Waals surface area contributed by atoms with Gasteiger partial charge in [0.2, 0.25) is 5.82 Å². The van der Waals surface area contributed by atoms with Crippen LogP contribution in [0.1, 0.15) is 0 Å². The normalized spacial score (nSPS) is 10.3. The van der Waals surface area contributed by atoms with Crippen molar-refractivity contribution >= 4 is 11.6 Å². The Hall–Kier alpha value is -1.42. The highest BCUT2D eigenvalue weighted by atomic mass is 35.5. The molecule has 13 heavy (non-hydrogen) atoms. The van der Waals surface area contributed by atoms with Gasteiger partial charge in [-0.25, -0.2) is 4.39 Å². The van der Waals surface area contributed by atoms with Gasteiger partial charge in [0.05, 0.1) is 5.56 Å². The van der Waals surface area contributed by atoms with E-state index < -0.39 is 5.82 Å². The number of nitrogens with zero attached hydrogens (tertiary/aromatic N) is 2. The van der Waals surface area contributed by atoms with Gasteiger partial charge in [-0.05, 0) is 23.7 Å². The Labute approximate surface area is 78.1 Å². The highest BCUT2D eigenvalue weighted by molar-refractivity contribution is 6.27. The second-order valence-electron chi connectivity index (χ2n) is 2.35. The van der Waals surface area contributed by atoms with Gasteiger partial charge in [-0.3, -0.25) is 0 Å². The minimum atomic E-state index is -0.403. The summed E-state index contributed by atoms with van der Waals surface area (Å²) in [6.45, 7) is 0. The molecule has 1 heterocycles. The fourth-order valence-electron chi connectivity index (χ4n) is 0.957. The van der Waals surface area contributed by atoms with Gasteiger partial charge < -0.3 is 4.52 Å². The van der Waals surface area contributed by atoms with Crippen LogP contribution in [0.25, 0.3) is 11.4 Å². The smallest absolute Gasteiger partial charge is 0.320 e. The van der Waals surface area contributed by atoms with Crippen molar-refractivity contribution in [1.29, 1.82) is 0 Å². The van der Waals surface area contributed by atoms with Gasteiger partial charge in [-0.2, -0.15) is 4.98 Å². The molecule has 0 unspecified atom stereocenters. The van der Waals surface area contributed by atoms with Crippen molar-refractivity contribution in [2.24, 2.45) is 0 Å². The number of benzene rings is 1. The van der Waals surface area contributed by atoms with Crippen LogP contribution >= 0.6 is 11.6 Å². The van der Waals surface area contributed by atoms with E-state index in [4.69, 9.17) is 11.6 Å². The molecule has 0 atom stereocenters. The lowest BCUT2D eigenvalue weighted by molar-refractivity contribution is 0.420. The zero-order valence-electron chi connectivity index (χ0n) is 6.37. The van der Waals surface area contributed by atoms with Crippen LogP contribution in [0.15, 0.2) is 28.8 Å². The van der Waals surface area contributed by atoms with E-state index in [-0.39, 0.29) is 16.7 Å². The van der Waals surface area contributed by atoms with E-state index in [2.05, 4.69) is 14.7 Å². The average Bonchev–Trinajstić information content (AvgIpc) is 2.53. The maximum absolute atomic E-state index is 13.1. The van der Waals surface area contributed by atoms with Gasteiger partial charge in [0.15, 0.2) is 0 Å². The van der Waals surface area contributed by atoms with Crippen molar-refractivity contribution in [1.82, 2.24) is 10.1 Å². The Bertz CT molecular complexity index is 430. The lowest BCUT2D eigenvalue weighted by atomic mass is 10.2. The zero-order chi connectivity index (χ0) is 9.26. The molecule has 66 valence electrons. The molecule has 0 aliphatic heterocycles. The second-order valence-corrected chi connectivity index (χ2v) is 2.67. The molecular formula is C8H4ClFN2O. The Kier molecular flexibility index (Phi) is 1.98. The summed E-state index contributed by atoms with van der Waals surface area (Å²) in [4.78, 5) is 3.69. The molecule has 0 amide bonds. The topological polar surface area (TPSA) is 38.9 Å². The second kappa shape index (κ2) is 3.14. The summed E-state index contributed by atoms with van der Waals surface area (Å²) < 4.78 is 17.6. The number of halogens is 2. The fraction of sp³-hybridized carbons (Fsp3) is 0. The van der Waals surface area contributed by atoms with Crippen molar-refractivity contribution < 1.29 is 8.91 Å². The Morgan fingerprint density at radius 1 is 1.31 bits per heavy atom. The molecule has 0 radical (unpaired) electrons. The molecule has 0 saturated heterocycles. The summed E-state index contributed by atoms with van der Waals surface area (Å²) >= 11 is 5.40. The summed E-state index contributed by atoms with van der Waals surface area (Å²) in [6.07, 6.45) is 0. The van der Waals surface area contributed by atoms with E-state index in [1.54, 1.807) is 18.2 Å². The van der Waals surface area contributed by atoms with Gasteiger partial charge >= 0.3 is 5.35 Å². The van der Waals surface area contributed by atoms with E-state index in [1.807, 2.05) is 0 Å². The Morgan fingerprint density at radius 2 is 2.08 bits per heavy atom. The molecule has 5 heteroatoms. The molecular weight excluding hydrogens is 195 g/mol. The van der Waals surface area contributed by atoms with Crippen molar-refractivity contribution in [2.45, 2.75) is 0 Å². The first-order valence-electron chi connectivity index (χ1n) is 3.51. The first kappa shape index (κ1) is 8.19. The molecule has 1 aromatic carbocycles. The van der Waals surface area contributed by atoms with Crippen LogP contribution < -0.4 is 0 Å². The summed E-state index contributed by atoms with van der Waals surface area (Å²) in [5.74, 6) is -0.247. The Morgan fingerprint density at radius 3 is 2.69 bits per heavy atom. The van der Waals surface area contributed by atoms with E-state index >= 15 is 0 Å². The van der Waals surface area contributed by atoms with Crippen LogP contribution in [0, 0.1) is 5.82 Å². The highest BCUT2D eigenvalue weighted by Gasteiger charge is 2.10. The monoisotopic (exact) mass is 198 g/mol. The molecule has 1 aromatic heterocycles. The third-order valence-corrected chi connectivity index (χ3v) is 1.67. The molecule has 3 nitrogen and oxygen atoms in total. The van der Waals surface area contributed by atoms with E-state index in [0.717, 1.165) is 0 Å². The fourth-order valence-corrected chi connectivity index (χ4v) is 1.07. The molecule has 2 aromatic rings. The zero-order valence-corrected chi connectivity index (χ0v) is 7.12. The predicted molar refractivity (Wildman–Crippen MR) is 44.7 cm³/mol. The molecule has 0 aliphatic carbocycles. The lowest BCUT2D eigenvalue weighted by Crippen LogP contribution is -1.84. The largest absolute Gasteiger partial charge is 0.321 e. The first-order chi connectivity index (χ1) is 6.27. The van der Waals surface area contributed by atoms with Gasteiger partial charge in [0, 0.05) is 0 Å². The van der Waals surface area contributed by atoms with Crippen molar-refractivity contribution in [2.75, 3.05) is 0 Å². The number of rotatable bonds is 1. The average molecular weight is 199 g/mol. The van der Waals surface area contributed by atoms with E-state index in [1.165, 1.54) is 6.07 Å². The maximum Gasteiger partial charge on any atom is 0.320 e. The molecule has 0 spiro atoms. The Balaban J connectivity index is 2.52. The lowest BCUT2D eigenvalue weighted by Gasteiger charge is -1.93. The third-order valence-electron chi connectivity index (χ3n) is 1.52. The van der Waals surface area contributed by atoms with Gasteiger partial charge in [-0.15, -0.1) is 0 Å². The van der Waals surface area contributed by atoms with E-state index in [9.17, 15) is 4.39 Å². The summed E-state index contributed by atoms with van der Waals surface area (Å²) in [5.41, 5.74) is 0.276. The van der Waals surface area contributed by atoms with Crippen molar-refractivity contribution in [3.63, 3.8) is 0 Å². The summed E-state index contributed by atoms with van der Waals surface area (Å²) in [6, 6.07) is 6.14. The highest BCUT2D eigenvalue weighted by Crippen LogP contribution is 2.20. The quantitative estimate of drug-likeness (QED) is 0.707. The molecule has 0 fully saturated rings. The first-order valence-corrected chi connectivity index (χ1v) is 3.89. The summed E-state index contributed by atoms with van der Waals surface area (Å²) in [5, 5.41) is 3.39. The molecule has 2 rings (SSSR count). The number of hydrogen-bond acceptors (Lipinski definition) is 3. The van der Waals surface area contributed by atoms with Crippen LogP contribution in [0.3, 0.4) is 0 Å². The van der Waals surface area contributed by atoms with Crippen LogP contribution in [-0.2, 0) is 0 Å². The SMILES string of the molecule is Fc1ccccc1-c1noc(Cl)n1. The van der Waals surface area contributed by atoms with Crippen LogP contribution in [0.2, 0.25) is 5.35 Å². The van der Waals surface area contributed by atoms with Crippen LogP contribution in [0.5, 0.6) is 0 Å². The molecule has 0 N–H and O–H groups in total. The minimum absolute atomic E-state index is 0.0988. The van der Waals surface area contributed by atoms with Crippen molar-refractivity contribution in [3.05, 3.63) is 35.4 Å². The van der Waals surface area contributed by atoms with Crippen molar-refractivity contribution in [3.8, 4) is 11.4 Å². The molecule has 0 saturated carbocycles. The van der Waals surface area contributed by atoms with Crippen LogP contribution in [-0.4, -0.2) is 10.1 Å². The van der Waals surface area contributed by atoms with E-state index in [0.29, 0.717) is 0 Å². The minimum Gasteiger partial charge on any atom is -0.321 e. The molecule has 0 bridgehead atoms. The maximum atomic E-state index is 13.1. The third kappa shape index (κ3) is 1.53.